The van der Waals surface area contributed by atoms with E-state index in [-0.39, 0.29) is 0 Å². The third-order valence-electron chi connectivity index (χ3n) is 2.80. The van der Waals surface area contributed by atoms with Crippen LogP contribution in [0.5, 0.6) is 0 Å². The standard InChI is InChI=1S/C13H17F2N5S/c1-2-5-16-6-7-20-13(17-18-19-20)21-9-10-3-4-11(14)8-12(10)15/h3-4,8,16H,2,5-7,9H2,1H3. The number of thioether (sulfide) groups is 1. The average molecular weight is 313 g/mol. The predicted octanol–water partition coefficient (Wildman–Crippen LogP) is 2.24. The molecule has 0 aliphatic carbocycles. The summed E-state index contributed by atoms with van der Waals surface area (Å²) in [6.45, 7) is 4.48. The molecule has 0 saturated heterocycles. The van der Waals surface area contributed by atoms with Crippen molar-refractivity contribution >= 4 is 11.8 Å². The van der Waals surface area contributed by atoms with E-state index in [0.29, 0.717) is 23.0 Å². The van der Waals surface area contributed by atoms with Gasteiger partial charge in [0.05, 0.1) is 6.54 Å². The summed E-state index contributed by atoms with van der Waals surface area (Å²) in [5.41, 5.74) is 0.431. The second-order valence-corrected chi connectivity index (χ2v) is 5.40. The minimum Gasteiger partial charge on any atom is -0.315 e. The first-order valence-electron chi connectivity index (χ1n) is 6.74. The molecule has 0 radical (unpaired) electrons. The van der Waals surface area contributed by atoms with E-state index >= 15 is 0 Å². The third kappa shape index (κ3) is 4.75. The van der Waals surface area contributed by atoms with E-state index in [2.05, 4.69) is 27.8 Å². The molecule has 0 spiro atoms. The molecule has 0 fully saturated rings. The van der Waals surface area contributed by atoms with E-state index in [1.807, 2.05) is 0 Å². The molecule has 2 aromatic rings. The number of halogens is 2. The van der Waals surface area contributed by atoms with Crippen molar-refractivity contribution in [2.75, 3.05) is 13.1 Å². The van der Waals surface area contributed by atoms with Crippen LogP contribution in [0.1, 0.15) is 18.9 Å². The maximum atomic E-state index is 13.5. The van der Waals surface area contributed by atoms with Crippen LogP contribution in [-0.2, 0) is 12.3 Å². The highest BCUT2D eigenvalue weighted by Gasteiger charge is 2.09. The Morgan fingerprint density at radius 3 is 2.90 bits per heavy atom. The Kier molecular flexibility index (Phi) is 6.06. The molecule has 0 saturated carbocycles. The van der Waals surface area contributed by atoms with Crippen molar-refractivity contribution in [2.45, 2.75) is 30.8 Å². The smallest absolute Gasteiger partial charge is 0.209 e. The van der Waals surface area contributed by atoms with E-state index < -0.39 is 11.6 Å². The highest BCUT2D eigenvalue weighted by atomic mass is 32.2. The molecule has 0 unspecified atom stereocenters. The lowest BCUT2D eigenvalue weighted by Crippen LogP contribution is -2.21. The zero-order valence-electron chi connectivity index (χ0n) is 11.7. The van der Waals surface area contributed by atoms with Gasteiger partial charge in [-0.15, -0.1) is 5.10 Å². The predicted molar refractivity (Wildman–Crippen MR) is 76.9 cm³/mol. The minimum atomic E-state index is -0.576. The summed E-state index contributed by atoms with van der Waals surface area (Å²) in [6.07, 6.45) is 1.07. The second kappa shape index (κ2) is 8.04. The summed E-state index contributed by atoms with van der Waals surface area (Å²) in [5, 5.41) is 15.3. The van der Waals surface area contributed by atoms with Gasteiger partial charge in [-0.2, -0.15) is 0 Å². The summed E-state index contributed by atoms with van der Waals surface area (Å²) in [4.78, 5) is 0. The van der Waals surface area contributed by atoms with Gasteiger partial charge in [0, 0.05) is 18.4 Å². The Bertz CT molecular complexity index is 575. The molecule has 0 amide bonds. The molecule has 0 aliphatic rings. The first-order chi connectivity index (χ1) is 10.2. The van der Waals surface area contributed by atoms with Gasteiger partial charge in [-0.05, 0) is 35.0 Å². The van der Waals surface area contributed by atoms with E-state index in [0.717, 1.165) is 25.6 Å². The van der Waals surface area contributed by atoms with E-state index in [1.165, 1.54) is 23.9 Å². The van der Waals surface area contributed by atoms with Gasteiger partial charge in [-0.1, -0.05) is 24.8 Å². The normalized spacial score (nSPS) is 11.0. The number of hydrogen-bond donors (Lipinski definition) is 1. The van der Waals surface area contributed by atoms with Gasteiger partial charge in [-0.3, -0.25) is 0 Å². The fourth-order valence-electron chi connectivity index (χ4n) is 1.71. The number of tetrazole rings is 1. The fraction of sp³-hybridized carbons (Fsp3) is 0.462. The van der Waals surface area contributed by atoms with Crippen LogP contribution in [0.2, 0.25) is 0 Å². The quantitative estimate of drug-likeness (QED) is 0.598. The molecule has 114 valence electrons. The van der Waals surface area contributed by atoms with Gasteiger partial charge in [0.1, 0.15) is 11.6 Å². The van der Waals surface area contributed by atoms with Gasteiger partial charge in [-0.25, -0.2) is 13.5 Å². The van der Waals surface area contributed by atoms with Gasteiger partial charge in [0.2, 0.25) is 5.16 Å². The number of nitrogens with one attached hydrogen (secondary N) is 1. The van der Waals surface area contributed by atoms with Crippen molar-refractivity contribution in [3.8, 4) is 0 Å². The van der Waals surface area contributed by atoms with Crippen LogP contribution in [0.15, 0.2) is 23.4 Å². The van der Waals surface area contributed by atoms with Crippen LogP contribution < -0.4 is 5.32 Å². The fourth-order valence-corrected chi connectivity index (χ4v) is 2.60. The first kappa shape index (κ1) is 15.8. The number of hydrogen-bond acceptors (Lipinski definition) is 5. The monoisotopic (exact) mass is 313 g/mol. The zero-order valence-corrected chi connectivity index (χ0v) is 12.5. The molecule has 0 bridgehead atoms. The van der Waals surface area contributed by atoms with Crippen LogP contribution in [0, 0.1) is 11.6 Å². The van der Waals surface area contributed by atoms with Gasteiger partial charge >= 0.3 is 0 Å². The van der Waals surface area contributed by atoms with Crippen molar-refractivity contribution in [1.82, 2.24) is 25.5 Å². The molecular weight excluding hydrogens is 296 g/mol. The van der Waals surface area contributed by atoms with Crippen molar-refractivity contribution in [3.05, 3.63) is 35.4 Å². The SMILES string of the molecule is CCCNCCn1nnnc1SCc1ccc(F)cc1F. The molecule has 2 rings (SSSR count). The van der Waals surface area contributed by atoms with E-state index in [9.17, 15) is 8.78 Å². The summed E-state index contributed by atoms with van der Waals surface area (Å²) >= 11 is 1.33. The van der Waals surface area contributed by atoms with Crippen LogP contribution in [-0.4, -0.2) is 33.3 Å². The molecule has 1 aromatic heterocycles. The molecule has 0 atom stereocenters. The maximum Gasteiger partial charge on any atom is 0.209 e. The third-order valence-corrected chi connectivity index (χ3v) is 3.80. The van der Waals surface area contributed by atoms with Crippen LogP contribution in [0.25, 0.3) is 0 Å². The topological polar surface area (TPSA) is 55.6 Å². The summed E-state index contributed by atoms with van der Waals surface area (Å²) in [6, 6.07) is 3.57. The maximum absolute atomic E-state index is 13.5. The Labute approximate surface area is 126 Å². The molecule has 1 aromatic carbocycles. The first-order valence-corrected chi connectivity index (χ1v) is 7.73. The van der Waals surface area contributed by atoms with Gasteiger partial charge in [0.25, 0.3) is 0 Å². The van der Waals surface area contributed by atoms with Crippen molar-refractivity contribution < 1.29 is 8.78 Å². The lowest BCUT2D eigenvalue weighted by Gasteiger charge is -2.06. The van der Waals surface area contributed by atoms with Crippen LogP contribution in [0.3, 0.4) is 0 Å². The van der Waals surface area contributed by atoms with Crippen molar-refractivity contribution in [1.29, 1.82) is 0 Å². The average Bonchev–Trinajstić information content (AvgIpc) is 2.90. The lowest BCUT2D eigenvalue weighted by molar-refractivity contribution is 0.510. The highest BCUT2D eigenvalue weighted by Crippen LogP contribution is 2.22. The van der Waals surface area contributed by atoms with E-state index in [4.69, 9.17) is 0 Å². The molecule has 5 nitrogen and oxygen atoms in total. The summed E-state index contributed by atoms with van der Waals surface area (Å²) in [5.74, 6) is -0.770. The summed E-state index contributed by atoms with van der Waals surface area (Å²) < 4.78 is 28.1. The van der Waals surface area contributed by atoms with E-state index in [1.54, 1.807) is 4.68 Å². The Balaban J connectivity index is 1.90. The lowest BCUT2D eigenvalue weighted by atomic mass is 10.2. The largest absolute Gasteiger partial charge is 0.315 e. The molecule has 21 heavy (non-hydrogen) atoms. The van der Waals surface area contributed by atoms with Crippen molar-refractivity contribution in [3.63, 3.8) is 0 Å². The molecule has 1 N–H and O–H groups in total. The molecule has 0 aliphatic heterocycles. The van der Waals surface area contributed by atoms with Gasteiger partial charge < -0.3 is 5.32 Å². The summed E-state index contributed by atoms with van der Waals surface area (Å²) in [7, 11) is 0. The number of aromatic nitrogens is 4. The Morgan fingerprint density at radius 1 is 1.29 bits per heavy atom. The molecule has 1 heterocycles. The molecule has 8 heteroatoms. The number of rotatable bonds is 8. The minimum absolute atomic E-state index is 0.356. The number of nitrogens with zero attached hydrogens (tertiary/aromatic N) is 4. The Morgan fingerprint density at radius 2 is 2.14 bits per heavy atom. The zero-order chi connectivity index (χ0) is 15.1. The van der Waals surface area contributed by atoms with Gasteiger partial charge in [0.15, 0.2) is 0 Å². The van der Waals surface area contributed by atoms with Crippen LogP contribution in [0.4, 0.5) is 8.78 Å². The number of benzene rings is 1. The second-order valence-electron chi connectivity index (χ2n) is 4.46. The van der Waals surface area contributed by atoms with Crippen LogP contribution >= 0.6 is 11.8 Å². The van der Waals surface area contributed by atoms with Crippen molar-refractivity contribution in [2.24, 2.45) is 0 Å². The molecular formula is C13H17F2N5S. The highest BCUT2D eigenvalue weighted by molar-refractivity contribution is 7.98. The Hall–Kier alpha value is -1.54.